The summed E-state index contributed by atoms with van der Waals surface area (Å²) in [7, 11) is 0. The Morgan fingerprint density at radius 2 is 1.30 bits per heavy atom. The van der Waals surface area contributed by atoms with Crippen molar-refractivity contribution in [2.75, 3.05) is 0 Å². The quantitative estimate of drug-likeness (QED) is 0.141. The molecule has 0 aromatic heterocycles. The molecule has 2 aliphatic rings. The van der Waals surface area contributed by atoms with Gasteiger partial charge < -0.3 is 0 Å². The van der Waals surface area contributed by atoms with E-state index in [0.29, 0.717) is 0 Å². The standard InChI is InChI=1S/C21H25.2C7H7.C5H5.CH2.2ClH.Zr/c1-20(2,3)16-7-9-18-14(12-16)11-15-13-17(21(4,5)6)8-10-19(15)18;2*1-7-5-3-2-4-6-7;1-2-4-5-3-1;;;;/h7-10,12H,11H2,1-6H3;2*2-3,5-6H,1H3;1-3H,4H2;1H2;2*1H;/q4*-1;;;;. The summed E-state index contributed by atoms with van der Waals surface area (Å²) in [6.45, 7) is 17.7. The molecule has 0 heterocycles. The Morgan fingerprint density at radius 1 is 0.727 bits per heavy atom. The van der Waals surface area contributed by atoms with E-state index in [0.717, 1.165) is 12.8 Å². The number of hydrogen-bond acceptors (Lipinski definition) is 0. The summed E-state index contributed by atoms with van der Waals surface area (Å²) in [5.41, 5.74) is 11.2. The second kappa shape index (κ2) is 20.7. The molecule has 0 amide bonds. The predicted molar refractivity (Wildman–Crippen MR) is 194 cm³/mol. The van der Waals surface area contributed by atoms with Crippen LogP contribution in [0, 0.1) is 38.1 Å². The van der Waals surface area contributed by atoms with Gasteiger partial charge in [-0.05, 0) is 28.4 Å². The van der Waals surface area contributed by atoms with Gasteiger partial charge in [-0.2, -0.15) is 102 Å². The van der Waals surface area contributed by atoms with Crippen molar-refractivity contribution in [1.82, 2.24) is 0 Å². The molecule has 0 bridgehead atoms. The van der Waals surface area contributed by atoms with E-state index in [1.165, 1.54) is 68.7 Å². The van der Waals surface area contributed by atoms with Crippen LogP contribution in [0.2, 0.25) is 0 Å². The molecule has 0 fully saturated rings. The van der Waals surface area contributed by atoms with Gasteiger partial charge >= 0.3 is 28.4 Å². The third-order valence-electron chi connectivity index (χ3n) is 6.78. The summed E-state index contributed by atoms with van der Waals surface area (Å²) in [4.78, 5) is 0. The third kappa shape index (κ3) is 14.2. The summed E-state index contributed by atoms with van der Waals surface area (Å²) >= 11 is 1.30. The summed E-state index contributed by atoms with van der Waals surface area (Å²) in [5, 5.41) is 0. The third-order valence-corrected chi connectivity index (χ3v) is 6.78. The van der Waals surface area contributed by atoms with E-state index in [-0.39, 0.29) is 35.6 Å². The van der Waals surface area contributed by atoms with Crippen molar-refractivity contribution in [2.24, 2.45) is 0 Å². The molecule has 0 aliphatic heterocycles. The van der Waals surface area contributed by atoms with Crippen LogP contribution in [-0.2, 0) is 41.5 Å². The number of hydrogen-bond donors (Lipinski definition) is 0. The average molecular weight is 703 g/mol. The summed E-state index contributed by atoms with van der Waals surface area (Å²) in [5.74, 6) is 0. The van der Waals surface area contributed by atoms with Crippen LogP contribution in [-0.4, -0.2) is 4.21 Å². The fraction of sp³-hybridized carbons (Fsp3) is 0.293. The Morgan fingerprint density at radius 3 is 1.66 bits per heavy atom. The molecule has 0 atom stereocenters. The van der Waals surface area contributed by atoms with Gasteiger partial charge in [0.1, 0.15) is 0 Å². The first-order valence-electron chi connectivity index (χ1n) is 14.6. The van der Waals surface area contributed by atoms with Crippen LogP contribution < -0.4 is 0 Å². The number of rotatable bonds is 0. The topological polar surface area (TPSA) is 0 Å². The molecule has 234 valence electrons. The van der Waals surface area contributed by atoms with Crippen LogP contribution in [0.4, 0.5) is 0 Å². The molecule has 0 N–H and O–H groups in total. The van der Waals surface area contributed by atoms with Crippen LogP contribution in [0.5, 0.6) is 0 Å². The Balaban J connectivity index is 0.000000658. The molecule has 0 unspecified atom stereocenters. The number of fused-ring (bicyclic) bond motifs is 3. The first kappa shape index (κ1) is 41.7. The molecule has 0 spiro atoms. The zero-order chi connectivity index (χ0) is 31.2. The van der Waals surface area contributed by atoms with Crippen LogP contribution >= 0.6 is 24.8 Å². The minimum atomic E-state index is 0. The van der Waals surface area contributed by atoms with Crippen molar-refractivity contribution < 1.29 is 24.2 Å². The fourth-order valence-electron chi connectivity index (χ4n) is 4.33. The van der Waals surface area contributed by atoms with Gasteiger partial charge in [0.05, 0.1) is 0 Å². The molecule has 0 radical (unpaired) electrons. The van der Waals surface area contributed by atoms with Gasteiger partial charge in [0.2, 0.25) is 0 Å². The average Bonchev–Trinajstić information content (AvgIpc) is 3.66. The zero-order valence-electron chi connectivity index (χ0n) is 27.7. The molecule has 44 heavy (non-hydrogen) atoms. The van der Waals surface area contributed by atoms with E-state index in [1.807, 2.05) is 48.6 Å². The first-order chi connectivity index (χ1) is 19.9. The van der Waals surface area contributed by atoms with E-state index in [2.05, 4.69) is 132 Å². The van der Waals surface area contributed by atoms with Crippen molar-refractivity contribution in [3.8, 4) is 11.1 Å². The van der Waals surface area contributed by atoms with Gasteiger partial charge in [-0.25, -0.2) is 12.2 Å². The molecule has 0 saturated carbocycles. The zero-order valence-corrected chi connectivity index (χ0v) is 31.8. The Hall–Kier alpha value is -2.31. The predicted octanol–water partition coefficient (Wildman–Crippen LogP) is 11.4. The van der Waals surface area contributed by atoms with E-state index in [4.69, 9.17) is 0 Å². The van der Waals surface area contributed by atoms with Crippen molar-refractivity contribution in [2.45, 2.75) is 79.1 Å². The second-order valence-electron chi connectivity index (χ2n) is 12.5. The SMILES string of the molecule is CC(C)(C)c1[c-]c2c(cc1)-c1ccc(C(C)(C)C)cc1C2.Cc1c[c-]ccc1.Cc1c[c-]ccc1.Cl.Cl.[C-]1=CC=CC1.[CH2]=[Zr]. The van der Waals surface area contributed by atoms with Crippen LogP contribution in [0.3, 0.4) is 0 Å². The fourth-order valence-corrected chi connectivity index (χ4v) is 4.33. The van der Waals surface area contributed by atoms with Crippen molar-refractivity contribution in [3.63, 3.8) is 0 Å². The summed E-state index contributed by atoms with van der Waals surface area (Å²) in [6, 6.07) is 36.9. The molecular weight excluding hydrogens is 655 g/mol. The van der Waals surface area contributed by atoms with Gasteiger partial charge in [0.25, 0.3) is 0 Å². The summed E-state index contributed by atoms with van der Waals surface area (Å²) < 4.78 is 3.34. The van der Waals surface area contributed by atoms with Gasteiger partial charge in [0.15, 0.2) is 0 Å². The van der Waals surface area contributed by atoms with E-state index in [1.54, 1.807) is 0 Å². The van der Waals surface area contributed by atoms with Gasteiger partial charge in [-0.1, -0.05) is 79.2 Å². The Labute approximate surface area is 296 Å². The number of allylic oxidation sites excluding steroid dienone is 4. The number of halogens is 2. The number of aryl methyl sites for hydroxylation is 2. The molecule has 0 nitrogen and oxygen atoms in total. The maximum absolute atomic E-state index is 3.67. The van der Waals surface area contributed by atoms with Crippen molar-refractivity contribution in [3.05, 3.63) is 155 Å². The molecule has 4 aromatic carbocycles. The van der Waals surface area contributed by atoms with E-state index >= 15 is 0 Å². The summed E-state index contributed by atoms with van der Waals surface area (Å²) in [6.07, 6.45) is 11.0. The molecule has 0 saturated heterocycles. The molecule has 4 aromatic rings. The molecule has 2 aliphatic carbocycles. The minimum absolute atomic E-state index is 0. The van der Waals surface area contributed by atoms with Crippen molar-refractivity contribution in [1.29, 1.82) is 0 Å². The Kier molecular flexibility index (Phi) is 19.6. The van der Waals surface area contributed by atoms with Gasteiger partial charge in [-0.15, -0.1) is 42.4 Å². The molecule has 6 rings (SSSR count). The monoisotopic (exact) mass is 700 g/mol. The van der Waals surface area contributed by atoms with E-state index in [9.17, 15) is 0 Å². The molecular formula is C41H48Cl2Zr-4. The second-order valence-corrected chi connectivity index (χ2v) is 12.5. The van der Waals surface area contributed by atoms with E-state index < -0.39 is 0 Å². The van der Waals surface area contributed by atoms with Gasteiger partial charge in [0, 0.05) is 0 Å². The van der Waals surface area contributed by atoms with Gasteiger partial charge in [-0.3, -0.25) is 6.08 Å². The normalized spacial score (nSPS) is 11.5. The van der Waals surface area contributed by atoms with Crippen LogP contribution in [0.1, 0.15) is 81.3 Å². The number of benzene rings is 4. The first-order valence-corrected chi connectivity index (χ1v) is 16.3. The van der Waals surface area contributed by atoms with Crippen LogP contribution in [0.15, 0.2) is 97.1 Å². The maximum atomic E-state index is 3.67. The molecule has 3 heteroatoms. The van der Waals surface area contributed by atoms with Crippen molar-refractivity contribution >= 4 is 29.0 Å². The van der Waals surface area contributed by atoms with Crippen LogP contribution in [0.25, 0.3) is 11.1 Å². The Bertz CT molecular complexity index is 1310.